The number of methoxy groups -OCH3 is 1. The van der Waals surface area contributed by atoms with Crippen LogP contribution < -0.4 is 10.1 Å². The third kappa shape index (κ3) is 3.26. The molecule has 1 saturated carbocycles. The molecule has 25 heavy (non-hydrogen) atoms. The van der Waals surface area contributed by atoms with E-state index in [4.69, 9.17) is 4.74 Å². The summed E-state index contributed by atoms with van der Waals surface area (Å²) >= 11 is 1.66. The highest BCUT2D eigenvalue weighted by Gasteiger charge is 2.57. The van der Waals surface area contributed by atoms with E-state index in [-0.39, 0.29) is 11.3 Å². The molecule has 2 fully saturated rings. The monoisotopic (exact) mass is 358 g/mol. The molecule has 0 bridgehead atoms. The third-order valence-electron chi connectivity index (χ3n) is 5.38. The van der Waals surface area contributed by atoms with Crippen LogP contribution in [0.3, 0.4) is 0 Å². The fourth-order valence-corrected chi connectivity index (χ4v) is 4.48. The van der Waals surface area contributed by atoms with Crippen molar-refractivity contribution in [3.8, 4) is 5.88 Å². The van der Waals surface area contributed by atoms with Crippen LogP contribution in [0, 0.1) is 5.41 Å². The fraction of sp³-hybridized carbons (Fsp3) is 0.500. The zero-order valence-electron chi connectivity index (χ0n) is 14.3. The summed E-state index contributed by atoms with van der Waals surface area (Å²) in [6, 6.07) is 5.77. The summed E-state index contributed by atoms with van der Waals surface area (Å²) in [7, 11) is 1.54. The first-order valence-electron chi connectivity index (χ1n) is 8.62. The van der Waals surface area contributed by atoms with E-state index in [0.717, 1.165) is 32.4 Å². The number of ether oxygens (including phenoxy) is 1. The number of nitrogens with zero attached hydrogens (tertiary/aromatic N) is 3. The molecule has 0 radical (unpaired) electrons. The van der Waals surface area contributed by atoms with Crippen LogP contribution in [0.2, 0.25) is 0 Å². The molecule has 2 aromatic heterocycles. The Balaban J connectivity index is 1.57. The molecule has 2 aromatic rings. The lowest BCUT2D eigenvalue weighted by Crippen LogP contribution is -2.39. The zero-order chi connectivity index (χ0) is 17.3. The summed E-state index contributed by atoms with van der Waals surface area (Å²) in [5, 5.41) is 15.6. The molecular weight excluding hydrogens is 336 g/mol. The molecule has 1 aliphatic carbocycles. The lowest BCUT2D eigenvalue weighted by molar-refractivity contribution is 0.0685. The Kier molecular flexibility index (Phi) is 4.43. The van der Waals surface area contributed by atoms with Gasteiger partial charge in [0.05, 0.1) is 7.11 Å². The van der Waals surface area contributed by atoms with Crippen LogP contribution in [0.5, 0.6) is 5.88 Å². The average Bonchev–Trinajstić information content (AvgIpc) is 3.08. The van der Waals surface area contributed by atoms with Crippen molar-refractivity contribution in [2.24, 2.45) is 5.41 Å². The molecule has 2 aliphatic rings. The van der Waals surface area contributed by atoms with Gasteiger partial charge in [-0.2, -0.15) is 11.3 Å². The largest absolute Gasteiger partial charge is 0.480 e. The fourth-order valence-electron chi connectivity index (χ4n) is 3.82. The van der Waals surface area contributed by atoms with E-state index in [1.165, 1.54) is 5.56 Å². The van der Waals surface area contributed by atoms with Crippen molar-refractivity contribution in [1.29, 1.82) is 0 Å². The number of hydrogen-bond acceptors (Lipinski definition) is 6. The second kappa shape index (κ2) is 6.72. The van der Waals surface area contributed by atoms with Gasteiger partial charge in [-0.3, -0.25) is 4.79 Å². The first kappa shape index (κ1) is 16.5. The van der Waals surface area contributed by atoms with Crippen LogP contribution in [-0.2, 0) is 6.54 Å². The first-order valence-corrected chi connectivity index (χ1v) is 9.57. The maximum Gasteiger partial charge on any atom is 0.274 e. The minimum atomic E-state index is -0.0400. The van der Waals surface area contributed by atoms with Gasteiger partial charge in [0.15, 0.2) is 5.69 Å². The quantitative estimate of drug-likeness (QED) is 0.888. The smallest absolute Gasteiger partial charge is 0.274 e. The Hall–Kier alpha value is -1.99. The minimum absolute atomic E-state index is 0.0400. The van der Waals surface area contributed by atoms with Crippen LogP contribution in [0.25, 0.3) is 0 Å². The number of carbonyl (C=O) groups is 1. The predicted octanol–water partition coefficient (Wildman–Crippen LogP) is 2.33. The summed E-state index contributed by atoms with van der Waals surface area (Å²) < 4.78 is 5.04. The summed E-state index contributed by atoms with van der Waals surface area (Å²) in [6.45, 7) is 2.72. The molecular formula is C18H22N4O2S. The Bertz CT molecular complexity index is 726. The van der Waals surface area contributed by atoms with Crippen LogP contribution in [0.4, 0.5) is 0 Å². The number of aromatic nitrogens is 2. The molecule has 1 spiro atoms. The Morgan fingerprint density at radius 2 is 2.20 bits per heavy atom. The van der Waals surface area contributed by atoms with Crippen molar-refractivity contribution >= 4 is 17.2 Å². The van der Waals surface area contributed by atoms with Gasteiger partial charge in [0.25, 0.3) is 5.91 Å². The normalized spacial score (nSPS) is 21.1. The third-order valence-corrected chi connectivity index (χ3v) is 6.12. The summed E-state index contributed by atoms with van der Waals surface area (Å²) in [6.07, 6.45) is 3.37. The maximum atomic E-state index is 13.1. The topological polar surface area (TPSA) is 67.3 Å². The second-order valence-electron chi connectivity index (χ2n) is 6.86. The van der Waals surface area contributed by atoms with Crippen molar-refractivity contribution in [2.75, 3.05) is 20.2 Å². The molecule has 1 unspecified atom stereocenters. The lowest BCUT2D eigenvalue weighted by atomic mass is 9.93. The van der Waals surface area contributed by atoms with Gasteiger partial charge in [-0.05, 0) is 66.2 Å². The SMILES string of the molecule is COc1ccc(C(=O)N(Cc2ccsc2)C2CC23CCNCC3)nn1. The number of thiophene rings is 1. The molecule has 3 heterocycles. The maximum absolute atomic E-state index is 13.1. The minimum Gasteiger partial charge on any atom is -0.480 e. The predicted molar refractivity (Wildman–Crippen MR) is 95.7 cm³/mol. The molecule has 7 heteroatoms. The van der Waals surface area contributed by atoms with Gasteiger partial charge >= 0.3 is 0 Å². The zero-order valence-corrected chi connectivity index (χ0v) is 15.1. The standard InChI is InChI=1S/C18H22N4O2S/c1-24-16-3-2-14(20-21-16)17(23)22(11-13-4-9-25-12-13)15-10-18(15)5-7-19-8-6-18/h2-4,9,12,15,19H,5-8,10-11H2,1H3. The second-order valence-corrected chi connectivity index (χ2v) is 7.64. The molecule has 1 N–H and O–H groups in total. The molecule has 6 nitrogen and oxygen atoms in total. The van der Waals surface area contributed by atoms with Crippen molar-refractivity contribution in [3.05, 3.63) is 40.2 Å². The van der Waals surface area contributed by atoms with Gasteiger partial charge in [0.2, 0.25) is 5.88 Å². The van der Waals surface area contributed by atoms with E-state index in [1.54, 1.807) is 30.6 Å². The Morgan fingerprint density at radius 3 is 2.84 bits per heavy atom. The molecule has 1 saturated heterocycles. The first-order chi connectivity index (χ1) is 12.2. The van der Waals surface area contributed by atoms with Crippen molar-refractivity contribution in [3.63, 3.8) is 0 Å². The summed E-state index contributed by atoms with van der Waals surface area (Å²) in [4.78, 5) is 15.2. The van der Waals surface area contributed by atoms with E-state index >= 15 is 0 Å². The highest BCUT2D eigenvalue weighted by atomic mass is 32.1. The van der Waals surface area contributed by atoms with Crippen LogP contribution in [-0.4, -0.2) is 47.2 Å². The summed E-state index contributed by atoms with van der Waals surface area (Å²) in [5.41, 5.74) is 1.85. The van der Waals surface area contributed by atoms with Gasteiger partial charge in [-0.1, -0.05) is 0 Å². The van der Waals surface area contributed by atoms with E-state index < -0.39 is 0 Å². The number of nitrogens with one attached hydrogen (secondary N) is 1. The van der Waals surface area contributed by atoms with E-state index in [2.05, 4.69) is 32.3 Å². The highest BCUT2D eigenvalue weighted by molar-refractivity contribution is 7.07. The number of carbonyl (C=O) groups excluding carboxylic acids is 1. The van der Waals surface area contributed by atoms with Crippen molar-refractivity contribution in [1.82, 2.24) is 20.4 Å². The molecule has 4 rings (SSSR count). The molecule has 1 aliphatic heterocycles. The lowest BCUT2D eigenvalue weighted by Gasteiger charge is -2.29. The van der Waals surface area contributed by atoms with Crippen molar-refractivity contribution in [2.45, 2.75) is 31.8 Å². The van der Waals surface area contributed by atoms with Gasteiger partial charge in [0, 0.05) is 18.7 Å². The van der Waals surface area contributed by atoms with E-state index in [9.17, 15) is 4.79 Å². The van der Waals surface area contributed by atoms with Crippen LogP contribution in [0.15, 0.2) is 29.0 Å². The van der Waals surface area contributed by atoms with Crippen molar-refractivity contribution < 1.29 is 9.53 Å². The molecule has 1 atom stereocenters. The number of amides is 1. The number of piperidine rings is 1. The number of rotatable bonds is 5. The summed E-state index contributed by atoms with van der Waals surface area (Å²) in [5.74, 6) is 0.379. The van der Waals surface area contributed by atoms with Crippen LogP contribution in [0.1, 0.15) is 35.3 Å². The van der Waals surface area contributed by atoms with Gasteiger partial charge < -0.3 is 15.0 Å². The van der Waals surface area contributed by atoms with Gasteiger partial charge in [0.1, 0.15) is 0 Å². The molecule has 0 aromatic carbocycles. The van der Waals surface area contributed by atoms with E-state index in [0.29, 0.717) is 24.2 Å². The highest BCUT2D eigenvalue weighted by Crippen LogP contribution is 2.56. The van der Waals surface area contributed by atoms with Crippen LogP contribution >= 0.6 is 11.3 Å². The van der Waals surface area contributed by atoms with E-state index in [1.807, 2.05) is 4.90 Å². The van der Waals surface area contributed by atoms with Gasteiger partial charge in [-0.15, -0.1) is 10.2 Å². The number of hydrogen-bond donors (Lipinski definition) is 1. The average molecular weight is 358 g/mol. The Labute approximate surface area is 151 Å². The molecule has 1 amide bonds. The Morgan fingerprint density at radius 1 is 1.36 bits per heavy atom. The molecule has 132 valence electrons. The van der Waals surface area contributed by atoms with Gasteiger partial charge in [-0.25, -0.2) is 0 Å².